The Bertz CT molecular complexity index is 382. The van der Waals surface area contributed by atoms with Crippen molar-refractivity contribution in [2.75, 3.05) is 6.61 Å². The van der Waals surface area contributed by atoms with Gasteiger partial charge in [0.25, 0.3) is 0 Å². The van der Waals surface area contributed by atoms with Crippen LogP contribution in [0.3, 0.4) is 0 Å². The van der Waals surface area contributed by atoms with Crippen LogP contribution < -0.4 is 0 Å². The average Bonchev–Trinajstić information content (AvgIpc) is 2.34. The van der Waals surface area contributed by atoms with Crippen LogP contribution in [0.15, 0.2) is 47.6 Å². The Hall–Kier alpha value is -1.41. The zero-order valence-electron chi connectivity index (χ0n) is 11.9. The number of aliphatic hydroxyl groups excluding tert-OH is 1. The Kier molecular flexibility index (Phi) is 7.97. The van der Waals surface area contributed by atoms with Gasteiger partial charge in [-0.1, -0.05) is 50.3 Å². The molecule has 18 heavy (non-hydrogen) atoms. The molecule has 0 saturated carbocycles. The molecule has 0 rings (SSSR count). The van der Waals surface area contributed by atoms with Crippen molar-refractivity contribution in [3.05, 3.63) is 47.6 Å². The number of ketones is 1. The molecule has 2 nitrogen and oxygen atoms in total. The van der Waals surface area contributed by atoms with E-state index < -0.39 is 0 Å². The summed E-state index contributed by atoms with van der Waals surface area (Å²) in [5.41, 5.74) is 2.55. The van der Waals surface area contributed by atoms with Crippen molar-refractivity contribution >= 4 is 5.78 Å². The van der Waals surface area contributed by atoms with Gasteiger partial charge in [-0.15, -0.1) is 0 Å². The minimum atomic E-state index is -0.0182. The molecule has 0 aromatic carbocycles. The van der Waals surface area contributed by atoms with E-state index in [0.29, 0.717) is 12.0 Å². The van der Waals surface area contributed by atoms with E-state index in [1.165, 1.54) is 0 Å². The molecule has 0 spiro atoms. The van der Waals surface area contributed by atoms with Crippen LogP contribution in [0.1, 0.15) is 34.1 Å². The summed E-state index contributed by atoms with van der Waals surface area (Å²) in [5.74, 6) is 0.0704. The van der Waals surface area contributed by atoms with Gasteiger partial charge in [0.1, 0.15) is 0 Å². The summed E-state index contributed by atoms with van der Waals surface area (Å²) in [4.78, 5) is 11.7. The molecule has 0 aliphatic heterocycles. The van der Waals surface area contributed by atoms with Gasteiger partial charge in [-0.05, 0) is 25.8 Å². The summed E-state index contributed by atoms with van der Waals surface area (Å²) in [7, 11) is 0. The Morgan fingerprint density at radius 2 is 1.89 bits per heavy atom. The fourth-order valence-corrected chi connectivity index (χ4v) is 1.30. The molecule has 0 amide bonds. The van der Waals surface area contributed by atoms with E-state index in [0.717, 1.165) is 11.1 Å². The van der Waals surface area contributed by atoms with Crippen molar-refractivity contribution in [2.45, 2.75) is 34.1 Å². The second-order valence-corrected chi connectivity index (χ2v) is 4.67. The molecule has 0 fully saturated rings. The zero-order valence-corrected chi connectivity index (χ0v) is 11.9. The van der Waals surface area contributed by atoms with Crippen LogP contribution in [-0.4, -0.2) is 17.5 Å². The van der Waals surface area contributed by atoms with Crippen LogP contribution in [0.4, 0.5) is 0 Å². The van der Waals surface area contributed by atoms with Crippen molar-refractivity contribution in [1.82, 2.24) is 0 Å². The number of Topliss-reactive ketones (excluding diaryl/α,β-unsaturated/α-hetero) is 1. The first kappa shape index (κ1) is 16.6. The van der Waals surface area contributed by atoms with Crippen molar-refractivity contribution < 1.29 is 9.90 Å². The largest absolute Gasteiger partial charge is 0.396 e. The van der Waals surface area contributed by atoms with E-state index in [4.69, 9.17) is 5.11 Å². The van der Waals surface area contributed by atoms with Crippen molar-refractivity contribution in [2.24, 2.45) is 5.92 Å². The third kappa shape index (κ3) is 6.36. The van der Waals surface area contributed by atoms with Crippen LogP contribution in [0.2, 0.25) is 0 Å². The minimum absolute atomic E-state index is 0.0182. The van der Waals surface area contributed by atoms with Crippen LogP contribution in [0, 0.1) is 5.92 Å². The Morgan fingerprint density at radius 3 is 2.39 bits per heavy atom. The molecule has 0 atom stereocenters. The number of allylic oxidation sites excluding steroid dienone is 6. The molecule has 0 radical (unpaired) electrons. The van der Waals surface area contributed by atoms with E-state index in [1.54, 1.807) is 0 Å². The number of carbonyl (C=O) groups is 1. The maximum Gasteiger partial charge on any atom is 0.165 e. The normalized spacial score (nSPS) is 13.4. The zero-order chi connectivity index (χ0) is 14.1. The number of hydrogen-bond acceptors (Lipinski definition) is 2. The predicted octanol–water partition coefficient (Wildman–Crippen LogP) is 3.60. The van der Waals surface area contributed by atoms with Crippen LogP contribution in [-0.2, 0) is 4.79 Å². The molecule has 2 heteroatoms. The Balaban J connectivity index is 4.64. The molecule has 0 bridgehead atoms. The summed E-state index contributed by atoms with van der Waals surface area (Å²) in [5, 5.41) is 8.65. The molecule has 0 heterocycles. The van der Waals surface area contributed by atoms with Gasteiger partial charge in [-0.2, -0.15) is 0 Å². The van der Waals surface area contributed by atoms with Crippen molar-refractivity contribution in [3.8, 4) is 0 Å². The first-order valence-electron chi connectivity index (χ1n) is 6.26. The molecule has 0 unspecified atom stereocenters. The highest BCUT2D eigenvalue weighted by Crippen LogP contribution is 2.13. The number of rotatable bonds is 7. The SMILES string of the molecule is C=C(C(=O)C(C)C)/C(C)=C/C=C(C)/C=C/CCO. The highest BCUT2D eigenvalue weighted by Gasteiger charge is 2.11. The predicted molar refractivity (Wildman–Crippen MR) is 77.3 cm³/mol. The molecular weight excluding hydrogens is 224 g/mol. The van der Waals surface area contributed by atoms with Gasteiger partial charge >= 0.3 is 0 Å². The second kappa shape index (κ2) is 8.65. The number of carbonyl (C=O) groups excluding carboxylic acids is 1. The molecule has 1 N–H and O–H groups in total. The Labute approximate surface area is 110 Å². The van der Waals surface area contributed by atoms with Crippen LogP contribution in [0.5, 0.6) is 0 Å². The third-order valence-electron chi connectivity index (χ3n) is 2.57. The highest BCUT2D eigenvalue weighted by atomic mass is 16.2. The highest BCUT2D eigenvalue weighted by molar-refractivity contribution is 6.00. The molecule has 0 saturated heterocycles. The van der Waals surface area contributed by atoms with Crippen molar-refractivity contribution in [1.29, 1.82) is 0 Å². The van der Waals surface area contributed by atoms with Crippen molar-refractivity contribution in [3.63, 3.8) is 0 Å². The van der Waals surface area contributed by atoms with Gasteiger partial charge in [0.2, 0.25) is 0 Å². The lowest BCUT2D eigenvalue weighted by molar-refractivity contribution is -0.118. The topological polar surface area (TPSA) is 37.3 Å². The minimum Gasteiger partial charge on any atom is -0.396 e. The standard InChI is InChI=1S/C16H24O2/c1-12(2)16(18)15(5)14(4)10-9-13(3)8-6-7-11-17/h6,8-10,12,17H,5,7,11H2,1-4H3/b8-6+,13-9+,14-10+. The lowest BCUT2D eigenvalue weighted by Gasteiger charge is -2.07. The van der Waals surface area contributed by atoms with Crippen LogP contribution >= 0.6 is 0 Å². The summed E-state index contributed by atoms with van der Waals surface area (Å²) in [6.07, 6.45) is 8.38. The van der Waals surface area contributed by atoms with E-state index in [-0.39, 0.29) is 18.3 Å². The summed E-state index contributed by atoms with van der Waals surface area (Å²) >= 11 is 0. The van der Waals surface area contributed by atoms with Crippen LogP contribution in [0.25, 0.3) is 0 Å². The molecule has 0 aromatic rings. The Morgan fingerprint density at radius 1 is 1.28 bits per heavy atom. The summed E-state index contributed by atoms with van der Waals surface area (Å²) < 4.78 is 0. The maximum atomic E-state index is 11.7. The lowest BCUT2D eigenvalue weighted by atomic mass is 9.96. The van der Waals surface area contributed by atoms with E-state index in [9.17, 15) is 4.79 Å². The fraction of sp³-hybridized carbons (Fsp3) is 0.438. The number of aliphatic hydroxyl groups is 1. The quantitative estimate of drug-likeness (QED) is 0.552. The maximum absolute atomic E-state index is 11.7. The van der Waals surface area contributed by atoms with E-state index in [2.05, 4.69) is 6.58 Å². The number of hydrogen-bond donors (Lipinski definition) is 1. The molecular formula is C16H24O2. The fourth-order valence-electron chi connectivity index (χ4n) is 1.30. The van der Waals surface area contributed by atoms with E-state index >= 15 is 0 Å². The second-order valence-electron chi connectivity index (χ2n) is 4.67. The van der Waals surface area contributed by atoms with Gasteiger partial charge in [0, 0.05) is 18.1 Å². The first-order chi connectivity index (χ1) is 8.40. The molecule has 100 valence electrons. The summed E-state index contributed by atoms with van der Waals surface area (Å²) in [6, 6.07) is 0. The first-order valence-corrected chi connectivity index (χ1v) is 6.26. The summed E-state index contributed by atoms with van der Waals surface area (Å²) in [6.45, 7) is 11.6. The van der Waals surface area contributed by atoms with Gasteiger partial charge in [0.05, 0.1) is 0 Å². The molecule has 0 aliphatic rings. The smallest absolute Gasteiger partial charge is 0.165 e. The average molecular weight is 248 g/mol. The van der Waals surface area contributed by atoms with Gasteiger partial charge < -0.3 is 5.11 Å². The van der Waals surface area contributed by atoms with Gasteiger partial charge in [-0.3, -0.25) is 4.79 Å². The molecule has 0 aromatic heterocycles. The lowest BCUT2D eigenvalue weighted by Crippen LogP contribution is -2.10. The van der Waals surface area contributed by atoms with E-state index in [1.807, 2.05) is 52.0 Å². The van der Waals surface area contributed by atoms with Gasteiger partial charge in [0.15, 0.2) is 5.78 Å². The van der Waals surface area contributed by atoms with Gasteiger partial charge in [-0.25, -0.2) is 0 Å². The molecule has 0 aliphatic carbocycles. The third-order valence-corrected chi connectivity index (χ3v) is 2.57. The monoisotopic (exact) mass is 248 g/mol.